The molecule has 0 amide bonds. The fraction of sp³-hybridized carbons (Fsp3) is 0.538. The van der Waals surface area contributed by atoms with Gasteiger partial charge in [-0.1, -0.05) is 6.07 Å². The summed E-state index contributed by atoms with van der Waals surface area (Å²) in [6.07, 6.45) is 0. The Morgan fingerprint density at radius 1 is 1.05 bits per heavy atom. The minimum atomic E-state index is -0.875. The average molecular weight is 270 g/mol. The molecule has 0 bridgehead atoms. The molecule has 2 rings (SSSR count). The van der Waals surface area contributed by atoms with E-state index < -0.39 is 35.7 Å². The van der Waals surface area contributed by atoms with Crippen molar-refractivity contribution in [2.24, 2.45) is 0 Å². The zero-order valence-electron chi connectivity index (χ0n) is 11.7. The van der Waals surface area contributed by atoms with Gasteiger partial charge in [0.2, 0.25) is 0 Å². The van der Waals surface area contributed by atoms with Crippen LogP contribution in [0.1, 0.15) is 27.7 Å². The summed E-state index contributed by atoms with van der Waals surface area (Å²) in [5.41, 5.74) is -1.02. The van der Waals surface area contributed by atoms with Crippen molar-refractivity contribution in [1.82, 2.24) is 0 Å². The summed E-state index contributed by atoms with van der Waals surface area (Å²) in [6, 6.07) is 2.46. The second kappa shape index (κ2) is 4.46. The topological polar surface area (TPSA) is 27.7 Å². The first-order valence-electron chi connectivity index (χ1n) is 6.07. The van der Waals surface area contributed by atoms with Crippen LogP contribution >= 0.6 is 0 Å². The lowest BCUT2D eigenvalue weighted by Gasteiger charge is -2.32. The maximum atomic E-state index is 14.2. The molecule has 0 aromatic heterocycles. The lowest BCUT2D eigenvalue weighted by atomic mass is 9.78. The van der Waals surface area contributed by atoms with Gasteiger partial charge in [-0.05, 0) is 33.8 Å². The van der Waals surface area contributed by atoms with E-state index >= 15 is 0 Å². The normalized spacial score (nSPS) is 20.7. The Morgan fingerprint density at radius 3 is 2.05 bits per heavy atom. The first-order chi connectivity index (χ1) is 8.69. The van der Waals surface area contributed by atoms with Crippen LogP contribution in [-0.4, -0.2) is 25.4 Å². The predicted octanol–water partition coefficient (Wildman–Crippen LogP) is 2.27. The molecule has 0 N–H and O–H groups in total. The summed E-state index contributed by atoms with van der Waals surface area (Å²) < 4.78 is 43.7. The second-order valence-electron chi connectivity index (χ2n) is 5.57. The molecule has 1 aliphatic rings. The third kappa shape index (κ3) is 2.23. The molecule has 0 unspecified atom stereocenters. The van der Waals surface area contributed by atoms with Crippen molar-refractivity contribution in [3.63, 3.8) is 0 Å². The molecule has 0 saturated carbocycles. The number of halogens is 2. The minimum Gasteiger partial charge on any atom is -0.491 e. The van der Waals surface area contributed by atoms with Gasteiger partial charge in [0, 0.05) is 5.46 Å². The number of benzene rings is 1. The number of ether oxygens (including phenoxy) is 1. The number of methoxy groups -OCH3 is 1. The highest BCUT2D eigenvalue weighted by Gasteiger charge is 2.52. The van der Waals surface area contributed by atoms with Crippen molar-refractivity contribution in [2.45, 2.75) is 38.9 Å². The van der Waals surface area contributed by atoms with Gasteiger partial charge in [0.15, 0.2) is 17.4 Å². The Kier molecular flexibility index (Phi) is 3.35. The first-order valence-corrected chi connectivity index (χ1v) is 6.07. The number of hydrogen-bond acceptors (Lipinski definition) is 3. The molecular weight excluding hydrogens is 253 g/mol. The van der Waals surface area contributed by atoms with Gasteiger partial charge in [0.05, 0.1) is 18.3 Å². The lowest BCUT2D eigenvalue weighted by molar-refractivity contribution is 0.00578. The van der Waals surface area contributed by atoms with Crippen molar-refractivity contribution in [1.29, 1.82) is 0 Å². The molecule has 0 spiro atoms. The van der Waals surface area contributed by atoms with E-state index in [0.29, 0.717) is 0 Å². The van der Waals surface area contributed by atoms with Gasteiger partial charge in [0.25, 0.3) is 0 Å². The van der Waals surface area contributed by atoms with Gasteiger partial charge < -0.3 is 14.0 Å². The zero-order valence-corrected chi connectivity index (χ0v) is 11.7. The smallest absolute Gasteiger partial charge is 0.491 e. The summed E-state index contributed by atoms with van der Waals surface area (Å²) in [7, 11) is 0.342. The van der Waals surface area contributed by atoms with E-state index in [9.17, 15) is 8.78 Å². The fourth-order valence-electron chi connectivity index (χ4n) is 1.89. The molecule has 1 saturated heterocycles. The third-order valence-corrected chi connectivity index (χ3v) is 3.79. The van der Waals surface area contributed by atoms with Crippen molar-refractivity contribution in [2.75, 3.05) is 7.11 Å². The second-order valence-corrected chi connectivity index (χ2v) is 5.57. The third-order valence-electron chi connectivity index (χ3n) is 3.79. The highest BCUT2D eigenvalue weighted by atomic mass is 19.1. The van der Waals surface area contributed by atoms with Crippen LogP contribution < -0.4 is 10.2 Å². The van der Waals surface area contributed by atoms with E-state index in [1.165, 1.54) is 13.2 Å². The van der Waals surface area contributed by atoms with E-state index in [0.717, 1.165) is 6.07 Å². The molecule has 1 heterocycles. The molecule has 1 aromatic carbocycles. The number of rotatable bonds is 2. The average Bonchev–Trinajstić information content (AvgIpc) is 2.48. The summed E-state index contributed by atoms with van der Waals surface area (Å²) in [4.78, 5) is 0. The Hall–Kier alpha value is -1.14. The van der Waals surface area contributed by atoms with Crippen LogP contribution in [0.4, 0.5) is 8.78 Å². The van der Waals surface area contributed by atoms with E-state index in [2.05, 4.69) is 0 Å². The maximum absolute atomic E-state index is 14.2. The molecule has 0 atom stereocenters. The summed E-state index contributed by atoms with van der Waals surface area (Å²) in [6.45, 7) is 7.47. The number of hydrogen-bond donors (Lipinski definition) is 0. The lowest BCUT2D eigenvalue weighted by Crippen LogP contribution is -2.41. The van der Waals surface area contributed by atoms with Crippen LogP contribution in [0, 0.1) is 11.6 Å². The molecule has 3 nitrogen and oxygen atoms in total. The van der Waals surface area contributed by atoms with Crippen LogP contribution in [-0.2, 0) is 9.31 Å². The van der Waals surface area contributed by atoms with E-state index in [1.54, 1.807) is 0 Å². The van der Waals surface area contributed by atoms with Crippen LogP contribution in [0.2, 0.25) is 0 Å². The van der Waals surface area contributed by atoms with Crippen molar-refractivity contribution in [3.05, 3.63) is 23.8 Å². The highest BCUT2D eigenvalue weighted by molar-refractivity contribution is 6.62. The largest absolute Gasteiger partial charge is 0.498 e. The Labute approximate surface area is 112 Å². The predicted molar refractivity (Wildman–Crippen MR) is 68.6 cm³/mol. The molecular formula is C13H17BF2O3. The summed E-state index contributed by atoms with van der Waals surface area (Å²) >= 11 is 0. The summed E-state index contributed by atoms with van der Waals surface area (Å²) in [5.74, 6) is -1.96. The molecule has 19 heavy (non-hydrogen) atoms. The van der Waals surface area contributed by atoms with Gasteiger partial charge in [-0.25, -0.2) is 8.78 Å². The Bertz CT molecular complexity index is 487. The van der Waals surface area contributed by atoms with Crippen molar-refractivity contribution >= 4 is 12.6 Å². The standard InChI is InChI=1S/C13H17BF2O3/c1-12(2)13(3,4)19-14(18-12)8-6-7-9(15)11(17-5)10(8)16/h6-7H,1-5H3. The molecule has 1 fully saturated rings. The minimum absolute atomic E-state index is 0.136. The molecule has 1 aromatic rings. The van der Waals surface area contributed by atoms with Crippen molar-refractivity contribution in [3.8, 4) is 5.75 Å². The molecule has 1 aliphatic heterocycles. The molecule has 6 heteroatoms. The van der Waals surface area contributed by atoms with Crippen LogP contribution in [0.5, 0.6) is 5.75 Å². The maximum Gasteiger partial charge on any atom is 0.498 e. The van der Waals surface area contributed by atoms with Gasteiger partial charge >= 0.3 is 7.12 Å². The van der Waals surface area contributed by atoms with E-state index in [1.807, 2.05) is 27.7 Å². The SMILES string of the molecule is COc1c(F)ccc(B2OC(C)(C)C(C)(C)O2)c1F. The quantitative estimate of drug-likeness (QED) is 0.771. The molecule has 0 radical (unpaired) electrons. The molecule has 0 aliphatic carbocycles. The van der Waals surface area contributed by atoms with Crippen LogP contribution in [0.15, 0.2) is 12.1 Å². The molecule has 104 valence electrons. The monoisotopic (exact) mass is 270 g/mol. The highest BCUT2D eigenvalue weighted by Crippen LogP contribution is 2.37. The van der Waals surface area contributed by atoms with Gasteiger partial charge in [-0.2, -0.15) is 0 Å². The zero-order chi connectivity index (χ0) is 14.4. The first kappa shape index (κ1) is 14.3. The summed E-state index contributed by atoms with van der Waals surface area (Å²) in [5, 5.41) is 0. The van der Waals surface area contributed by atoms with E-state index in [-0.39, 0.29) is 5.46 Å². The van der Waals surface area contributed by atoms with Crippen LogP contribution in [0.3, 0.4) is 0 Å². The Balaban J connectivity index is 2.40. The van der Waals surface area contributed by atoms with Crippen molar-refractivity contribution < 1.29 is 22.8 Å². The van der Waals surface area contributed by atoms with Crippen LogP contribution in [0.25, 0.3) is 0 Å². The van der Waals surface area contributed by atoms with Gasteiger partial charge in [-0.3, -0.25) is 0 Å². The van der Waals surface area contributed by atoms with E-state index in [4.69, 9.17) is 14.0 Å². The van der Waals surface area contributed by atoms with Gasteiger partial charge in [-0.15, -0.1) is 0 Å². The fourth-order valence-corrected chi connectivity index (χ4v) is 1.89. The van der Waals surface area contributed by atoms with Gasteiger partial charge in [0.1, 0.15) is 0 Å². The Morgan fingerprint density at radius 2 is 1.58 bits per heavy atom.